The van der Waals surface area contributed by atoms with E-state index in [1.165, 1.54) is 25.2 Å². The molecule has 6 N–H and O–H groups in total. The number of piperidine rings is 2. The van der Waals surface area contributed by atoms with Gasteiger partial charge in [0.05, 0.1) is 32.7 Å². The van der Waals surface area contributed by atoms with Gasteiger partial charge in [-0.1, -0.05) is 6.07 Å². The highest BCUT2D eigenvalue weighted by Gasteiger charge is 2.65. The van der Waals surface area contributed by atoms with Crippen molar-refractivity contribution in [2.45, 2.75) is 81.9 Å². The molecule has 0 aromatic heterocycles. The van der Waals surface area contributed by atoms with Crippen LogP contribution in [-0.2, 0) is 40.5 Å². The molecule has 1 aromatic carbocycles. The van der Waals surface area contributed by atoms with Crippen LogP contribution < -0.4 is 31.6 Å². The molecule has 0 radical (unpaired) electrons. The van der Waals surface area contributed by atoms with Crippen LogP contribution in [0.5, 0.6) is 11.5 Å². The first kappa shape index (κ1) is 38.9. The quantitative estimate of drug-likeness (QED) is 0.0911. The monoisotopic (exact) mass is 751 g/mol. The molecule has 2 bridgehead atoms. The van der Waals surface area contributed by atoms with Gasteiger partial charge in [-0.05, 0) is 82.2 Å². The molecule has 0 saturated carbocycles. The van der Waals surface area contributed by atoms with Gasteiger partial charge in [0.15, 0.2) is 29.3 Å². The predicted molar refractivity (Wildman–Crippen MR) is 196 cm³/mol. The van der Waals surface area contributed by atoms with Gasteiger partial charge in [0.1, 0.15) is 5.76 Å². The number of nitrogens with one attached hydrogen (secondary N) is 2. The molecule has 294 valence electrons. The van der Waals surface area contributed by atoms with E-state index < -0.39 is 42.0 Å². The Morgan fingerprint density at radius 1 is 1.13 bits per heavy atom. The second kappa shape index (κ2) is 16.2. The van der Waals surface area contributed by atoms with E-state index in [2.05, 4.69) is 33.6 Å². The number of carbonyl (C=O) groups is 5. The van der Waals surface area contributed by atoms with Crippen LogP contribution >= 0.6 is 0 Å². The number of nitrogens with zero attached hydrogens (tertiary/aromatic N) is 3. The number of methoxy groups -OCH3 is 2. The number of likely N-dealkylation sites (tertiary alicyclic amines) is 2. The van der Waals surface area contributed by atoms with Crippen LogP contribution in [0.25, 0.3) is 0 Å². The van der Waals surface area contributed by atoms with E-state index >= 15 is 0 Å². The fourth-order valence-corrected chi connectivity index (χ4v) is 9.39. The molecule has 16 heteroatoms. The molecule has 1 spiro atoms. The van der Waals surface area contributed by atoms with Crippen LogP contribution in [-0.4, -0.2) is 118 Å². The lowest BCUT2D eigenvalue weighted by Gasteiger charge is -2.56. The Kier molecular flexibility index (Phi) is 11.7. The third kappa shape index (κ3) is 7.57. The lowest BCUT2D eigenvalue weighted by molar-refractivity contribution is -0.147. The first-order chi connectivity index (χ1) is 25.9. The Hall–Kier alpha value is -4.86. The summed E-state index contributed by atoms with van der Waals surface area (Å²) in [5.74, 6) is -0.635. The van der Waals surface area contributed by atoms with Crippen LogP contribution in [0.1, 0.15) is 63.0 Å². The number of Topliss-reactive ketones (excluding diaryl/α,β-unsaturated/α-hetero) is 1. The van der Waals surface area contributed by atoms with Gasteiger partial charge in [0, 0.05) is 55.9 Å². The zero-order valence-corrected chi connectivity index (χ0v) is 31.6. The highest BCUT2D eigenvalue weighted by Crippen LogP contribution is 2.63. The lowest BCUT2D eigenvalue weighted by atomic mass is 9.53. The van der Waals surface area contributed by atoms with Gasteiger partial charge >= 0.3 is 12.1 Å². The Labute approximate surface area is 315 Å². The highest BCUT2D eigenvalue weighted by atomic mass is 16.6. The van der Waals surface area contributed by atoms with E-state index in [0.717, 1.165) is 31.6 Å². The first-order valence-electron chi connectivity index (χ1n) is 18.8. The molecular weight excluding hydrogens is 698 g/mol. The van der Waals surface area contributed by atoms with Gasteiger partial charge in [-0.2, -0.15) is 0 Å². The number of guanidine groups is 1. The number of esters is 1. The number of likely N-dealkylation sites (N-methyl/N-ethyl adjacent to an activating group) is 1. The number of hydrogen-bond donors (Lipinski definition) is 4. The number of hydrogen-bond acceptors (Lipinski definition) is 11. The number of ether oxygens (including phenoxy) is 4. The molecule has 2 saturated heterocycles. The molecule has 54 heavy (non-hydrogen) atoms. The number of carbonyl (C=O) groups excluding carboxylic acids is 5. The molecule has 2 aliphatic carbocycles. The van der Waals surface area contributed by atoms with E-state index in [0.29, 0.717) is 36.8 Å². The Bertz CT molecular complexity index is 1710. The molecule has 7 atom stereocenters. The van der Waals surface area contributed by atoms with Gasteiger partial charge in [-0.25, -0.2) is 4.79 Å². The summed E-state index contributed by atoms with van der Waals surface area (Å²) in [7, 11) is 5.13. The van der Waals surface area contributed by atoms with Crippen LogP contribution in [0.15, 0.2) is 29.0 Å². The summed E-state index contributed by atoms with van der Waals surface area (Å²) >= 11 is 0. The van der Waals surface area contributed by atoms with Crippen LogP contribution in [0.3, 0.4) is 0 Å². The summed E-state index contributed by atoms with van der Waals surface area (Å²) in [5, 5.41) is 5.40. The molecule has 5 aliphatic rings. The smallest absolute Gasteiger partial charge is 0.415 e. The van der Waals surface area contributed by atoms with Crippen molar-refractivity contribution in [3.63, 3.8) is 0 Å². The van der Waals surface area contributed by atoms with E-state index in [4.69, 9.17) is 30.4 Å². The molecule has 3 aliphatic heterocycles. The SMILES string of the molecule is COC(=O)C1CCN(C(=O)OC2=CC[C@H]3[C@H]4Cc5ccc(OC)c6c5[C@@]3(CCN4C)[C@H]2O6)C(CNC(=O)[C@H](CCCN=C(N)N)CC(=O)CNC(C)=O)C1. The molecule has 16 nitrogen and oxygen atoms in total. The van der Waals surface area contributed by atoms with Gasteiger partial charge in [-0.3, -0.25) is 24.2 Å². The van der Waals surface area contributed by atoms with Crippen molar-refractivity contribution < 1.29 is 42.9 Å². The molecule has 2 fully saturated rings. The van der Waals surface area contributed by atoms with Gasteiger partial charge < -0.3 is 50.8 Å². The maximum atomic E-state index is 14.2. The summed E-state index contributed by atoms with van der Waals surface area (Å²) in [6.07, 6.45) is 4.60. The molecule has 6 rings (SSSR count). The van der Waals surface area contributed by atoms with Gasteiger partial charge in [-0.15, -0.1) is 0 Å². The van der Waals surface area contributed by atoms with E-state index in [1.54, 1.807) is 12.0 Å². The van der Waals surface area contributed by atoms with Crippen molar-refractivity contribution in [3.05, 3.63) is 35.1 Å². The normalized spacial score (nSPS) is 26.9. The Morgan fingerprint density at radius 3 is 2.65 bits per heavy atom. The highest BCUT2D eigenvalue weighted by molar-refractivity contribution is 5.90. The molecule has 3 amide bonds. The van der Waals surface area contributed by atoms with Crippen molar-refractivity contribution in [1.29, 1.82) is 0 Å². The predicted octanol–water partition coefficient (Wildman–Crippen LogP) is 1.13. The summed E-state index contributed by atoms with van der Waals surface area (Å²) in [5.41, 5.74) is 12.9. The van der Waals surface area contributed by atoms with Crippen molar-refractivity contribution in [1.82, 2.24) is 20.4 Å². The molecule has 3 heterocycles. The summed E-state index contributed by atoms with van der Waals surface area (Å²) in [6, 6.07) is 3.80. The molecule has 1 aromatic rings. The minimum atomic E-state index is -0.739. The number of aliphatic imine (C=N–C) groups is 1. The van der Waals surface area contributed by atoms with Crippen LogP contribution in [0.4, 0.5) is 4.79 Å². The zero-order chi connectivity index (χ0) is 38.7. The third-order valence-electron chi connectivity index (χ3n) is 12.0. The van der Waals surface area contributed by atoms with E-state index in [1.807, 2.05) is 12.1 Å². The number of allylic oxidation sites excluding steroid dienone is 1. The lowest BCUT2D eigenvalue weighted by Crippen LogP contribution is -2.63. The largest absolute Gasteiger partial charge is 0.493 e. The van der Waals surface area contributed by atoms with E-state index in [-0.39, 0.29) is 68.0 Å². The topological polar surface area (TPSA) is 217 Å². The van der Waals surface area contributed by atoms with Crippen LogP contribution in [0, 0.1) is 17.8 Å². The maximum absolute atomic E-state index is 14.2. The fourth-order valence-electron chi connectivity index (χ4n) is 9.39. The minimum absolute atomic E-state index is 0.0106. The standard InChI is InChI=1S/C38H53N7O9/c1-21(46)42-20-26(47)17-23(6-5-13-41-36(39)40)34(48)43-19-25-16-24(35(49)52-4)11-14-45(25)37(50)53-30-10-8-27-28-18-22-7-9-29(51-3)32-31(22)38(27,33(30)54-32)12-15-44(28)2/h7,9-10,23-25,27-28,33H,5-6,8,11-20H2,1-4H3,(H,42,46)(H,43,48)(H4,39,40,41)/t23-,24?,25?,27+,28-,33+,38+/m1/s1. The number of benzene rings is 1. The van der Waals surface area contributed by atoms with Crippen molar-refractivity contribution in [2.75, 3.05) is 54.0 Å². The number of rotatable bonds is 14. The van der Waals surface area contributed by atoms with Gasteiger partial charge in [0.2, 0.25) is 11.8 Å². The number of nitrogens with two attached hydrogens (primary N) is 2. The Balaban J connectivity index is 1.19. The third-order valence-corrected chi connectivity index (χ3v) is 12.0. The average molecular weight is 752 g/mol. The second-order valence-corrected chi connectivity index (χ2v) is 15.1. The number of amides is 3. The van der Waals surface area contributed by atoms with Crippen molar-refractivity contribution in [3.8, 4) is 11.5 Å². The summed E-state index contributed by atoms with van der Waals surface area (Å²) in [6.45, 7) is 2.48. The maximum Gasteiger partial charge on any atom is 0.415 e. The summed E-state index contributed by atoms with van der Waals surface area (Å²) in [4.78, 5) is 72.5. The Morgan fingerprint density at radius 2 is 1.93 bits per heavy atom. The van der Waals surface area contributed by atoms with E-state index in [9.17, 15) is 24.0 Å². The average Bonchev–Trinajstić information content (AvgIpc) is 3.51. The first-order valence-corrected chi connectivity index (χ1v) is 18.8. The molecule has 2 unspecified atom stereocenters. The number of ketones is 1. The second-order valence-electron chi connectivity index (χ2n) is 15.1. The fraction of sp³-hybridized carbons (Fsp3) is 0.632. The zero-order valence-electron chi connectivity index (χ0n) is 31.6. The van der Waals surface area contributed by atoms with Crippen molar-refractivity contribution in [2.24, 2.45) is 34.2 Å². The van der Waals surface area contributed by atoms with Crippen molar-refractivity contribution >= 4 is 35.6 Å². The van der Waals surface area contributed by atoms with Crippen LogP contribution in [0.2, 0.25) is 0 Å². The van der Waals surface area contributed by atoms with Gasteiger partial charge in [0.25, 0.3) is 0 Å². The minimum Gasteiger partial charge on any atom is -0.493 e. The molecular formula is C38H53N7O9. The summed E-state index contributed by atoms with van der Waals surface area (Å²) < 4.78 is 23.8.